The monoisotopic (exact) mass is 332 g/mol. The van der Waals surface area contributed by atoms with E-state index in [0.29, 0.717) is 12.8 Å². The number of hydrogen-bond donors (Lipinski definition) is 1. The quantitative estimate of drug-likeness (QED) is 0.896. The Morgan fingerprint density at radius 1 is 1.38 bits per heavy atom. The number of amides is 2. The van der Waals surface area contributed by atoms with E-state index in [1.165, 1.54) is 0 Å². The Kier molecular flexibility index (Phi) is 5.21. The van der Waals surface area contributed by atoms with E-state index in [9.17, 15) is 9.59 Å². The lowest BCUT2D eigenvalue weighted by atomic mass is 9.73. The molecule has 2 fully saturated rings. The molecule has 2 amide bonds. The molecular formula is C18H28N4O2. The van der Waals surface area contributed by atoms with Crippen LogP contribution in [-0.4, -0.2) is 57.8 Å². The summed E-state index contributed by atoms with van der Waals surface area (Å²) in [5.74, 6) is 0.523. The third-order valence-corrected chi connectivity index (χ3v) is 5.43. The molecule has 3 rings (SSSR count). The van der Waals surface area contributed by atoms with E-state index in [2.05, 4.69) is 9.97 Å². The van der Waals surface area contributed by atoms with Crippen LogP contribution in [0.15, 0.2) is 12.5 Å². The van der Waals surface area contributed by atoms with Crippen LogP contribution in [0.4, 0.5) is 0 Å². The number of hydrogen-bond acceptors (Lipinski definition) is 3. The summed E-state index contributed by atoms with van der Waals surface area (Å²) in [4.78, 5) is 35.8. The van der Waals surface area contributed by atoms with Gasteiger partial charge in [0.25, 0.3) is 0 Å². The van der Waals surface area contributed by atoms with Gasteiger partial charge >= 0.3 is 0 Å². The average Bonchev–Trinajstić information content (AvgIpc) is 3.10. The van der Waals surface area contributed by atoms with Crippen LogP contribution in [0.3, 0.4) is 0 Å². The lowest BCUT2D eigenvalue weighted by Gasteiger charge is -2.48. The van der Waals surface area contributed by atoms with E-state index in [0.717, 1.165) is 64.0 Å². The number of imidazole rings is 1. The molecule has 24 heavy (non-hydrogen) atoms. The third kappa shape index (κ3) is 3.79. The number of nitrogens with one attached hydrogen (secondary N) is 1. The maximum atomic E-state index is 12.3. The van der Waals surface area contributed by atoms with Gasteiger partial charge in [-0.2, -0.15) is 0 Å². The molecule has 0 bridgehead atoms. The highest BCUT2D eigenvalue weighted by molar-refractivity contribution is 5.78. The molecule has 0 aromatic carbocycles. The molecule has 0 saturated carbocycles. The molecule has 1 aromatic rings. The molecule has 2 saturated heterocycles. The minimum atomic E-state index is 0.101. The van der Waals surface area contributed by atoms with Gasteiger partial charge in [-0.15, -0.1) is 0 Å². The summed E-state index contributed by atoms with van der Waals surface area (Å²) in [6.45, 7) is 5.26. The first-order chi connectivity index (χ1) is 11.6. The van der Waals surface area contributed by atoms with Gasteiger partial charge in [-0.3, -0.25) is 9.59 Å². The number of likely N-dealkylation sites (tertiary alicyclic amines) is 2. The van der Waals surface area contributed by atoms with Gasteiger partial charge in [0.05, 0.1) is 6.33 Å². The SMILES string of the molecule is CCCC(=O)N1CCC[C@@]2(CCC(=O)N(CCc3cnc[nH]3)C2)C1. The second-order valence-corrected chi connectivity index (χ2v) is 7.31. The molecule has 6 heteroatoms. The Hall–Kier alpha value is -1.85. The first kappa shape index (κ1) is 17.0. The molecule has 1 N–H and O–H groups in total. The van der Waals surface area contributed by atoms with Gasteiger partial charge in [-0.05, 0) is 25.7 Å². The molecule has 1 spiro atoms. The summed E-state index contributed by atoms with van der Waals surface area (Å²) in [5, 5.41) is 0. The van der Waals surface area contributed by atoms with Crippen molar-refractivity contribution in [3.63, 3.8) is 0 Å². The topological polar surface area (TPSA) is 69.3 Å². The van der Waals surface area contributed by atoms with Crippen LogP contribution in [-0.2, 0) is 16.0 Å². The van der Waals surface area contributed by atoms with Crippen molar-refractivity contribution in [2.24, 2.45) is 5.41 Å². The average molecular weight is 332 g/mol. The van der Waals surface area contributed by atoms with Gasteiger partial charge in [0.2, 0.25) is 11.8 Å². The van der Waals surface area contributed by atoms with Crippen molar-refractivity contribution < 1.29 is 9.59 Å². The van der Waals surface area contributed by atoms with Gasteiger partial charge in [-0.1, -0.05) is 6.92 Å². The van der Waals surface area contributed by atoms with Crippen molar-refractivity contribution in [3.05, 3.63) is 18.2 Å². The lowest BCUT2D eigenvalue weighted by molar-refractivity contribution is -0.143. The molecule has 132 valence electrons. The Morgan fingerprint density at radius 2 is 2.25 bits per heavy atom. The number of piperidine rings is 2. The number of H-pyrrole nitrogens is 1. The summed E-state index contributed by atoms with van der Waals surface area (Å²) in [6.07, 6.45) is 9.54. The molecule has 0 radical (unpaired) electrons. The fourth-order valence-corrected chi connectivity index (χ4v) is 4.11. The van der Waals surface area contributed by atoms with Gasteiger partial charge < -0.3 is 14.8 Å². The second kappa shape index (κ2) is 7.36. The molecule has 1 atom stereocenters. The minimum absolute atomic E-state index is 0.101. The van der Waals surface area contributed by atoms with Crippen molar-refractivity contribution in [3.8, 4) is 0 Å². The molecule has 0 aliphatic carbocycles. The Bertz CT molecular complexity index is 572. The summed E-state index contributed by atoms with van der Waals surface area (Å²) < 4.78 is 0. The molecule has 3 heterocycles. The van der Waals surface area contributed by atoms with E-state index in [1.54, 1.807) is 6.33 Å². The van der Waals surface area contributed by atoms with Crippen LogP contribution < -0.4 is 0 Å². The Balaban J connectivity index is 1.62. The van der Waals surface area contributed by atoms with Gasteiger partial charge in [0, 0.05) is 62.7 Å². The second-order valence-electron chi connectivity index (χ2n) is 7.31. The van der Waals surface area contributed by atoms with Crippen LogP contribution in [0.5, 0.6) is 0 Å². The zero-order valence-corrected chi connectivity index (χ0v) is 14.6. The number of aromatic amines is 1. The largest absolute Gasteiger partial charge is 0.348 e. The van der Waals surface area contributed by atoms with Crippen molar-refractivity contribution in [2.75, 3.05) is 26.2 Å². The lowest BCUT2D eigenvalue weighted by Crippen LogP contribution is -2.55. The van der Waals surface area contributed by atoms with E-state index in [-0.39, 0.29) is 17.2 Å². The van der Waals surface area contributed by atoms with Crippen molar-refractivity contribution in [2.45, 2.75) is 51.9 Å². The van der Waals surface area contributed by atoms with E-state index in [1.807, 2.05) is 22.9 Å². The molecular weight excluding hydrogens is 304 g/mol. The van der Waals surface area contributed by atoms with Crippen LogP contribution >= 0.6 is 0 Å². The fraction of sp³-hybridized carbons (Fsp3) is 0.722. The molecule has 6 nitrogen and oxygen atoms in total. The zero-order chi connectivity index (χ0) is 17.0. The maximum absolute atomic E-state index is 12.3. The predicted octanol–water partition coefficient (Wildman–Crippen LogP) is 1.98. The first-order valence-corrected chi connectivity index (χ1v) is 9.15. The third-order valence-electron chi connectivity index (χ3n) is 5.43. The smallest absolute Gasteiger partial charge is 0.222 e. The van der Waals surface area contributed by atoms with Crippen LogP contribution in [0.25, 0.3) is 0 Å². The fourth-order valence-electron chi connectivity index (χ4n) is 4.11. The predicted molar refractivity (Wildman–Crippen MR) is 91.3 cm³/mol. The van der Waals surface area contributed by atoms with E-state index in [4.69, 9.17) is 0 Å². The van der Waals surface area contributed by atoms with Gasteiger partial charge in [-0.25, -0.2) is 4.98 Å². The number of carbonyl (C=O) groups is 2. The highest BCUT2D eigenvalue weighted by atomic mass is 16.2. The Labute approximate surface area is 143 Å². The highest BCUT2D eigenvalue weighted by Crippen LogP contribution is 2.39. The molecule has 2 aliphatic heterocycles. The number of carbonyl (C=O) groups excluding carboxylic acids is 2. The van der Waals surface area contributed by atoms with Crippen LogP contribution in [0.2, 0.25) is 0 Å². The summed E-state index contributed by atoms with van der Waals surface area (Å²) in [7, 11) is 0. The summed E-state index contributed by atoms with van der Waals surface area (Å²) in [6, 6.07) is 0. The number of aromatic nitrogens is 2. The summed E-state index contributed by atoms with van der Waals surface area (Å²) >= 11 is 0. The molecule has 1 aromatic heterocycles. The molecule has 2 aliphatic rings. The van der Waals surface area contributed by atoms with Crippen LogP contribution in [0.1, 0.15) is 51.1 Å². The standard InChI is InChI=1S/C18H28N4O2/c1-2-4-16(23)21-9-3-7-18(12-21)8-5-17(24)22(13-18)10-6-15-11-19-14-20-15/h11,14H,2-10,12-13H2,1H3,(H,19,20)/t18-/m1/s1. The zero-order valence-electron chi connectivity index (χ0n) is 14.6. The highest BCUT2D eigenvalue weighted by Gasteiger charge is 2.42. The summed E-state index contributed by atoms with van der Waals surface area (Å²) in [5.41, 5.74) is 1.16. The van der Waals surface area contributed by atoms with Gasteiger partial charge in [0.1, 0.15) is 0 Å². The normalized spacial score (nSPS) is 24.6. The Morgan fingerprint density at radius 3 is 3.00 bits per heavy atom. The van der Waals surface area contributed by atoms with E-state index >= 15 is 0 Å². The van der Waals surface area contributed by atoms with Crippen molar-refractivity contribution in [1.82, 2.24) is 19.8 Å². The maximum Gasteiger partial charge on any atom is 0.222 e. The first-order valence-electron chi connectivity index (χ1n) is 9.15. The number of nitrogens with zero attached hydrogens (tertiary/aromatic N) is 3. The molecule has 0 unspecified atom stereocenters. The van der Waals surface area contributed by atoms with Gasteiger partial charge in [0.15, 0.2) is 0 Å². The van der Waals surface area contributed by atoms with Crippen LogP contribution in [0, 0.1) is 5.41 Å². The van der Waals surface area contributed by atoms with E-state index < -0.39 is 0 Å². The minimum Gasteiger partial charge on any atom is -0.348 e. The van der Waals surface area contributed by atoms with Crippen molar-refractivity contribution >= 4 is 11.8 Å². The van der Waals surface area contributed by atoms with Crippen molar-refractivity contribution in [1.29, 1.82) is 0 Å². The number of rotatable bonds is 5.